The fourth-order valence-electron chi connectivity index (χ4n) is 1.94. The average molecular weight is 272 g/mol. The number of para-hydroxylation sites is 1. The first kappa shape index (κ1) is 14.3. The van der Waals surface area contributed by atoms with E-state index >= 15 is 0 Å². The third-order valence-electron chi connectivity index (χ3n) is 3.42. The quantitative estimate of drug-likeness (QED) is 0.576. The molecule has 1 aromatic heterocycles. The Morgan fingerprint density at radius 1 is 1.40 bits per heavy atom. The lowest BCUT2D eigenvalue weighted by molar-refractivity contribution is 0.0949. The number of nitrogen functional groups attached to an aromatic ring is 1. The number of anilines is 1. The lowest BCUT2D eigenvalue weighted by Crippen LogP contribution is -2.28. The average Bonchev–Trinajstić information content (AvgIpc) is 2.50. The second kappa shape index (κ2) is 6.34. The van der Waals surface area contributed by atoms with Crippen LogP contribution in [0.1, 0.15) is 30.6 Å². The number of hydrazine groups is 1. The monoisotopic (exact) mass is 272 g/mol. The molecule has 0 saturated carbocycles. The maximum Gasteiger partial charge on any atom is 0.252 e. The van der Waals surface area contributed by atoms with E-state index in [0.29, 0.717) is 23.8 Å². The molecule has 1 atom stereocenters. The van der Waals surface area contributed by atoms with Crippen molar-refractivity contribution in [2.24, 2.45) is 11.8 Å². The predicted molar refractivity (Wildman–Crippen MR) is 81.3 cm³/mol. The van der Waals surface area contributed by atoms with E-state index in [-0.39, 0.29) is 5.91 Å². The second-order valence-electron chi connectivity index (χ2n) is 4.94. The molecule has 5 heteroatoms. The zero-order chi connectivity index (χ0) is 14.5. The van der Waals surface area contributed by atoms with Crippen molar-refractivity contribution in [2.45, 2.75) is 20.3 Å². The van der Waals surface area contributed by atoms with Crippen molar-refractivity contribution < 1.29 is 4.79 Å². The van der Waals surface area contributed by atoms with Crippen LogP contribution < -0.4 is 16.6 Å². The highest BCUT2D eigenvalue weighted by Gasteiger charge is 2.13. The first-order valence-corrected chi connectivity index (χ1v) is 6.80. The van der Waals surface area contributed by atoms with Crippen LogP contribution in [0.2, 0.25) is 0 Å². The van der Waals surface area contributed by atoms with Gasteiger partial charge in [0.05, 0.1) is 11.1 Å². The number of amides is 1. The smallest absolute Gasteiger partial charge is 0.252 e. The van der Waals surface area contributed by atoms with Crippen LogP contribution >= 0.6 is 0 Å². The highest BCUT2D eigenvalue weighted by Crippen LogP contribution is 2.20. The maximum atomic E-state index is 12.3. The van der Waals surface area contributed by atoms with Crippen molar-refractivity contribution in [3.8, 4) is 0 Å². The minimum Gasteiger partial charge on any atom is -0.352 e. The molecule has 0 bridgehead atoms. The van der Waals surface area contributed by atoms with E-state index in [1.165, 1.54) is 0 Å². The Kier molecular flexibility index (Phi) is 4.53. The number of carbonyl (C=O) groups excluding carboxylic acids is 1. The minimum absolute atomic E-state index is 0.0969. The summed E-state index contributed by atoms with van der Waals surface area (Å²) >= 11 is 0. The summed E-state index contributed by atoms with van der Waals surface area (Å²) in [4.78, 5) is 16.7. The maximum absolute atomic E-state index is 12.3. The number of hydrogen-bond acceptors (Lipinski definition) is 4. The van der Waals surface area contributed by atoms with Gasteiger partial charge >= 0.3 is 0 Å². The molecule has 5 nitrogen and oxygen atoms in total. The fourth-order valence-corrected chi connectivity index (χ4v) is 1.94. The molecule has 106 valence electrons. The molecular formula is C15H20N4O. The van der Waals surface area contributed by atoms with Crippen molar-refractivity contribution >= 4 is 22.6 Å². The van der Waals surface area contributed by atoms with Crippen LogP contribution in [0, 0.1) is 5.92 Å². The number of nitrogens with zero attached hydrogens (tertiary/aromatic N) is 1. The highest BCUT2D eigenvalue weighted by molar-refractivity contribution is 6.06. The molecule has 1 heterocycles. The van der Waals surface area contributed by atoms with Gasteiger partial charge in [-0.25, -0.2) is 10.8 Å². The molecule has 0 saturated heterocycles. The van der Waals surface area contributed by atoms with Gasteiger partial charge in [0.1, 0.15) is 5.82 Å². The second-order valence-corrected chi connectivity index (χ2v) is 4.94. The molecule has 20 heavy (non-hydrogen) atoms. The van der Waals surface area contributed by atoms with Crippen LogP contribution in [-0.4, -0.2) is 17.4 Å². The van der Waals surface area contributed by atoms with E-state index in [4.69, 9.17) is 5.84 Å². The van der Waals surface area contributed by atoms with E-state index < -0.39 is 0 Å². The van der Waals surface area contributed by atoms with Gasteiger partial charge in [-0.1, -0.05) is 38.5 Å². The van der Waals surface area contributed by atoms with Crippen molar-refractivity contribution in [3.63, 3.8) is 0 Å². The Labute approximate surface area is 118 Å². The fraction of sp³-hybridized carbons (Fsp3) is 0.333. The zero-order valence-electron chi connectivity index (χ0n) is 11.8. The number of hydrogen-bond donors (Lipinski definition) is 3. The normalized spacial score (nSPS) is 12.2. The number of fused-ring (bicyclic) bond motifs is 1. The molecule has 0 radical (unpaired) electrons. The molecule has 4 N–H and O–H groups in total. The predicted octanol–water partition coefficient (Wildman–Crippen LogP) is 2.30. The van der Waals surface area contributed by atoms with Crippen molar-refractivity contribution in [1.82, 2.24) is 10.3 Å². The van der Waals surface area contributed by atoms with E-state index in [0.717, 1.165) is 17.3 Å². The summed E-state index contributed by atoms with van der Waals surface area (Å²) in [5, 5.41) is 3.78. The summed E-state index contributed by atoms with van der Waals surface area (Å²) in [6, 6.07) is 9.21. The molecule has 1 aromatic carbocycles. The van der Waals surface area contributed by atoms with Crippen molar-refractivity contribution in [2.75, 3.05) is 12.0 Å². The summed E-state index contributed by atoms with van der Waals surface area (Å²) < 4.78 is 0. The molecule has 0 aliphatic heterocycles. The first-order chi connectivity index (χ1) is 9.65. The third kappa shape index (κ3) is 3.05. The molecule has 0 fully saturated rings. The first-order valence-electron chi connectivity index (χ1n) is 6.80. The molecule has 2 aromatic rings. The summed E-state index contributed by atoms with van der Waals surface area (Å²) in [5.41, 5.74) is 3.84. The summed E-state index contributed by atoms with van der Waals surface area (Å²) in [7, 11) is 0. The Hall–Kier alpha value is -2.14. The topological polar surface area (TPSA) is 80.0 Å². The molecular weight excluding hydrogens is 252 g/mol. The minimum atomic E-state index is -0.0969. The Morgan fingerprint density at radius 2 is 2.15 bits per heavy atom. The van der Waals surface area contributed by atoms with Gasteiger partial charge < -0.3 is 10.7 Å². The highest BCUT2D eigenvalue weighted by atomic mass is 16.1. The standard InChI is InChI=1S/C15H20N4O/c1-3-10(2)9-17-15(20)12-8-14(19-16)18-13-7-5-4-6-11(12)13/h4-8,10H,3,9,16H2,1-2H3,(H,17,20)(H,18,19). The molecule has 2 rings (SSSR count). The van der Waals surface area contributed by atoms with Crippen LogP contribution in [0.15, 0.2) is 30.3 Å². The van der Waals surface area contributed by atoms with Crippen LogP contribution in [0.4, 0.5) is 5.82 Å². The summed E-state index contributed by atoms with van der Waals surface area (Å²) in [6.45, 7) is 4.88. The number of nitrogens with two attached hydrogens (primary N) is 1. The van der Waals surface area contributed by atoms with Crippen LogP contribution in [0.25, 0.3) is 10.9 Å². The number of pyridine rings is 1. The van der Waals surface area contributed by atoms with Gasteiger partial charge in [-0.3, -0.25) is 4.79 Å². The largest absolute Gasteiger partial charge is 0.352 e. The Morgan fingerprint density at radius 3 is 2.85 bits per heavy atom. The molecule has 1 amide bonds. The number of carbonyl (C=O) groups is 1. The van der Waals surface area contributed by atoms with Crippen LogP contribution in [-0.2, 0) is 0 Å². The van der Waals surface area contributed by atoms with Crippen LogP contribution in [0.5, 0.6) is 0 Å². The van der Waals surface area contributed by atoms with E-state index in [2.05, 4.69) is 29.6 Å². The zero-order valence-corrected chi connectivity index (χ0v) is 11.8. The molecule has 1 unspecified atom stereocenters. The number of nitrogens with one attached hydrogen (secondary N) is 2. The van der Waals surface area contributed by atoms with Gasteiger partial charge in [0.15, 0.2) is 0 Å². The molecule has 0 spiro atoms. The lowest BCUT2D eigenvalue weighted by Gasteiger charge is -2.12. The van der Waals surface area contributed by atoms with E-state index in [9.17, 15) is 4.79 Å². The lowest BCUT2D eigenvalue weighted by atomic mass is 10.1. The summed E-state index contributed by atoms with van der Waals surface area (Å²) in [5.74, 6) is 6.25. The Balaban J connectivity index is 2.34. The molecule has 0 aliphatic carbocycles. The van der Waals surface area contributed by atoms with Gasteiger partial charge in [0.2, 0.25) is 0 Å². The van der Waals surface area contributed by atoms with Gasteiger partial charge in [-0.2, -0.15) is 0 Å². The van der Waals surface area contributed by atoms with Crippen molar-refractivity contribution in [1.29, 1.82) is 0 Å². The third-order valence-corrected chi connectivity index (χ3v) is 3.42. The van der Waals surface area contributed by atoms with Crippen molar-refractivity contribution in [3.05, 3.63) is 35.9 Å². The van der Waals surface area contributed by atoms with Gasteiger partial charge in [0.25, 0.3) is 5.91 Å². The number of rotatable bonds is 5. The van der Waals surface area contributed by atoms with Gasteiger partial charge in [-0.05, 0) is 18.1 Å². The van der Waals surface area contributed by atoms with Gasteiger partial charge in [0, 0.05) is 11.9 Å². The molecule has 0 aliphatic rings. The number of benzene rings is 1. The van der Waals surface area contributed by atoms with Gasteiger partial charge in [-0.15, -0.1) is 0 Å². The Bertz CT molecular complexity index is 612. The SMILES string of the molecule is CCC(C)CNC(=O)c1cc(NN)nc2ccccc12. The van der Waals surface area contributed by atoms with E-state index in [1.807, 2.05) is 24.3 Å². The van der Waals surface area contributed by atoms with E-state index in [1.54, 1.807) is 6.07 Å². The summed E-state index contributed by atoms with van der Waals surface area (Å²) in [6.07, 6.45) is 1.03. The van der Waals surface area contributed by atoms with Crippen LogP contribution in [0.3, 0.4) is 0 Å². The number of aromatic nitrogens is 1.